The van der Waals surface area contributed by atoms with Gasteiger partial charge in [-0.25, -0.2) is 8.42 Å². The Balaban J connectivity index is 2.22. The van der Waals surface area contributed by atoms with Gasteiger partial charge in [0, 0.05) is 42.8 Å². The highest BCUT2D eigenvalue weighted by Gasteiger charge is 2.29. The fraction of sp³-hybridized carbons (Fsp3) is 0.615. The summed E-state index contributed by atoms with van der Waals surface area (Å²) >= 11 is 0. The SMILES string of the molecule is CCNCc1cnccc1N1CCS(=O)(=O)CC1C. The Morgan fingerprint density at radius 3 is 3.00 bits per heavy atom. The number of nitrogens with one attached hydrogen (secondary N) is 1. The summed E-state index contributed by atoms with van der Waals surface area (Å²) in [5, 5.41) is 3.29. The number of aromatic nitrogens is 1. The van der Waals surface area contributed by atoms with Gasteiger partial charge in [-0.15, -0.1) is 0 Å². The predicted octanol–water partition coefficient (Wildman–Crippen LogP) is 0.814. The van der Waals surface area contributed by atoms with Crippen LogP contribution >= 0.6 is 0 Å². The Labute approximate surface area is 114 Å². The van der Waals surface area contributed by atoms with Crippen molar-refractivity contribution >= 4 is 15.5 Å². The van der Waals surface area contributed by atoms with Crippen LogP contribution in [0.25, 0.3) is 0 Å². The van der Waals surface area contributed by atoms with Crippen LogP contribution in [-0.2, 0) is 16.4 Å². The highest BCUT2D eigenvalue weighted by atomic mass is 32.2. The minimum absolute atomic E-state index is 0.0153. The van der Waals surface area contributed by atoms with Crippen molar-refractivity contribution in [3.8, 4) is 0 Å². The Kier molecular flexibility index (Phi) is 4.42. The van der Waals surface area contributed by atoms with Crippen LogP contribution in [0.3, 0.4) is 0 Å². The average molecular weight is 283 g/mol. The summed E-state index contributed by atoms with van der Waals surface area (Å²) in [7, 11) is -2.88. The van der Waals surface area contributed by atoms with Crippen molar-refractivity contribution in [3.63, 3.8) is 0 Å². The molecule has 19 heavy (non-hydrogen) atoms. The van der Waals surface area contributed by atoms with Gasteiger partial charge < -0.3 is 10.2 Å². The molecule has 2 heterocycles. The second-order valence-electron chi connectivity index (χ2n) is 4.94. The molecule has 0 saturated carbocycles. The third-order valence-electron chi connectivity index (χ3n) is 3.42. The standard InChI is InChI=1S/C13H21N3O2S/c1-3-14-8-12-9-15-5-4-13(12)16-6-7-19(17,18)10-11(16)2/h4-5,9,11,14H,3,6-8,10H2,1-2H3. The van der Waals surface area contributed by atoms with Crippen LogP contribution in [0, 0.1) is 0 Å². The quantitative estimate of drug-likeness (QED) is 0.886. The molecule has 0 aromatic carbocycles. The van der Waals surface area contributed by atoms with Crippen LogP contribution in [0.2, 0.25) is 0 Å². The molecule has 1 atom stereocenters. The third kappa shape index (κ3) is 3.45. The van der Waals surface area contributed by atoms with Crippen molar-refractivity contribution in [2.24, 2.45) is 0 Å². The number of sulfone groups is 1. The fourth-order valence-electron chi connectivity index (χ4n) is 2.45. The van der Waals surface area contributed by atoms with E-state index in [9.17, 15) is 8.42 Å². The first kappa shape index (κ1) is 14.3. The summed E-state index contributed by atoms with van der Waals surface area (Å²) in [4.78, 5) is 6.34. The van der Waals surface area contributed by atoms with E-state index in [2.05, 4.69) is 22.1 Å². The maximum absolute atomic E-state index is 11.6. The highest BCUT2D eigenvalue weighted by molar-refractivity contribution is 7.91. The van der Waals surface area contributed by atoms with Gasteiger partial charge in [0.05, 0.1) is 11.5 Å². The van der Waals surface area contributed by atoms with Gasteiger partial charge in [-0.1, -0.05) is 6.92 Å². The summed E-state index contributed by atoms with van der Waals surface area (Å²) < 4.78 is 23.3. The van der Waals surface area contributed by atoms with Crippen LogP contribution in [-0.4, -0.2) is 44.0 Å². The van der Waals surface area contributed by atoms with Gasteiger partial charge in [-0.2, -0.15) is 0 Å². The number of anilines is 1. The monoisotopic (exact) mass is 283 g/mol. The smallest absolute Gasteiger partial charge is 0.154 e. The van der Waals surface area contributed by atoms with Crippen LogP contribution in [0.1, 0.15) is 19.4 Å². The van der Waals surface area contributed by atoms with Crippen LogP contribution in [0.15, 0.2) is 18.5 Å². The van der Waals surface area contributed by atoms with Gasteiger partial charge in [0.15, 0.2) is 9.84 Å². The number of nitrogens with zero attached hydrogens (tertiary/aromatic N) is 2. The van der Waals surface area contributed by atoms with Gasteiger partial charge in [0.25, 0.3) is 0 Å². The molecular formula is C13H21N3O2S. The van der Waals surface area contributed by atoms with Crippen molar-refractivity contribution in [1.82, 2.24) is 10.3 Å². The molecular weight excluding hydrogens is 262 g/mol. The first-order valence-corrected chi connectivity index (χ1v) is 8.46. The van der Waals surface area contributed by atoms with Gasteiger partial charge in [0.2, 0.25) is 0 Å². The first-order valence-electron chi connectivity index (χ1n) is 6.64. The molecule has 1 unspecified atom stereocenters. The van der Waals surface area contributed by atoms with Gasteiger partial charge in [-0.3, -0.25) is 4.98 Å². The molecule has 2 rings (SSSR count). The van der Waals surface area contributed by atoms with E-state index in [-0.39, 0.29) is 17.5 Å². The van der Waals surface area contributed by atoms with Gasteiger partial charge in [-0.05, 0) is 19.5 Å². The molecule has 0 bridgehead atoms. The van der Waals surface area contributed by atoms with Crippen LogP contribution < -0.4 is 10.2 Å². The number of hydrogen-bond acceptors (Lipinski definition) is 5. The second-order valence-corrected chi connectivity index (χ2v) is 7.17. The van der Waals surface area contributed by atoms with Crippen molar-refractivity contribution in [2.45, 2.75) is 26.4 Å². The Hall–Kier alpha value is -1.14. The lowest BCUT2D eigenvalue weighted by molar-refractivity contribution is 0.567. The molecule has 1 aromatic heterocycles. The largest absolute Gasteiger partial charge is 0.366 e. The zero-order valence-electron chi connectivity index (χ0n) is 11.5. The minimum atomic E-state index is -2.88. The molecule has 106 valence electrons. The normalized spacial score (nSPS) is 22.4. The van der Waals surface area contributed by atoms with E-state index in [0.717, 1.165) is 24.3 Å². The maximum Gasteiger partial charge on any atom is 0.154 e. The van der Waals surface area contributed by atoms with Crippen LogP contribution in [0.5, 0.6) is 0 Å². The molecule has 6 heteroatoms. The van der Waals surface area contributed by atoms with Crippen LogP contribution in [0.4, 0.5) is 5.69 Å². The lowest BCUT2D eigenvalue weighted by atomic mass is 10.1. The van der Waals surface area contributed by atoms with Gasteiger partial charge in [0.1, 0.15) is 0 Å². The molecule has 1 N–H and O–H groups in total. The van der Waals surface area contributed by atoms with E-state index in [0.29, 0.717) is 6.54 Å². The lowest BCUT2D eigenvalue weighted by Crippen LogP contribution is -2.47. The molecule has 0 spiro atoms. The zero-order valence-corrected chi connectivity index (χ0v) is 12.3. The van der Waals surface area contributed by atoms with Gasteiger partial charge >= 0.3 is 0 Å². The topological polar surface area (TPSA) is 62.3 Å². The summed E-state index contributed by atoms with van der Waals surface area (Å²) in [6.07, 6.45) is 3.62. The summed E-state index contributed by atoms with van der Waals surface area (Å²) in [6, 6.07) is 1.99. The highest BCUT2D eigenvalue weighted by Crippen LogP contribution is 2.24. The van der Waals surface area contributed by atoms with E-state index in [1.54, 1.807) is 6.20 Å². The first-order chi connectivity index (χ1) is 9.03. The summed E-state index contributed by atoms with van der Waals surface area (Å²) in [6.45, 7) is 6.25. The zero-order chi connectivity index (χ0) is 13.9. The summed E-state index contributed by atoms with van der Waals surface area (Å²) in [5.74, 6) is 0.469. The molecule has 1 aliphatic heterocycles. The lowest BCUT2D eigenvalue weighted by Gasteiger charge is -2.36. The third-order valence-corrected chi connectivity index (χ3v) is 5.22. The maximum atomic E-state index is 11.6. The van der Waals surface area contributed by atoms with Crippen molar-refractivity contribution in [2.75, 3.05) is 29.5 Å². The Bertz CT molecular complexity index is 530. The molecule has 1 aromatic rings. The molecule has 0 aliphatic carbocycles. The van der Waals surface area contributed by atoms with E-state index in [4.69, 9.17) is 0 Å². The molecule has 0 amide bonds. The Morgan fingerprint density at radius 1 is 1.53 bits per heavy atom. The molecule has 5 nitrogen and oxygen atoms in total. The average Bonchev–Trinajstić information content (AvgIpc) is 2.36. The minimum Gasteiger partial charge on any atom is -0.366 e. The second kappa shape index (κ2) is 5.88. The number of rotatable bonds is 4. The molecule has 1 aliphatic rings. The molecule has 1 fully saturated rings. The fourth-order valence-corrected chi connectivity index (χ4v) is 4.01. The van der Waals surface area contributed by atoms with Crippen molar-refractivity contribution in [1.29, 1.82) is 0 Å². The van der Waals surface area contributed by atoms with Crippen molar-refractivity contribution < 1.29 is 8.42 Å². The molecule has 0 radical (unpaired) electrons. The number of pyridine rings is 1. The van der Waals surface area contributed by atoms with E-state index >= 15 is 0 Å². The van der Waals surface area contributed by atoms with Crippen molar-refractivity contribution in [3.05, 3.63) is 24.0 Å². The number of hydrogen-bond donors (Lipinski definition) is 1. The Morgan fingerprint density at radius 2 is 2.32 bits per heavy atom. The van der Waals surface area contributed by atoms with E-state index in [1.807, 2.05) is 19.2 Å². The predicted molar refractivity (Wildman–Crippen MR) is 77.1 cm³/mol. The summed E-state index contributed by atoms with van der Waals surface area (Å²) in [5.41, 5.74) is 2.22. The van der Waals surface area contributed by atoms with E-state index < -0.39 is 9.84 Å². The molecule has 1 saturated heterocycles. The van der Waals surface area contributed by atoms with E-state index in [1.165, 1.54) is 0 Å².